The molecule has 0 saturated heterocycles. The summed E-state index contributed by atoms with van der Waals surface area (Å²) in [5, 5.41) is 19.0. The fourth-order valence-corrected chi connectivity index (χ4v) is 4.55. The monoisotopic (exact) mass is 600 g/mol. The number of carbonyl (C=O) groups is 1. The van der Waals surface area contributed by atoms with Gasteiger partial charge in [0.05, 0.1) is 27.1 Å². The van der Waals surface area contributed by atoms with Gasteiger partial charge in [0, 0.05) is 11.1 Å². The number of rotatable bonds is 14. The van der Waals surface area contributed by atoms with Crippen LogP contribution in [-0.4, -0.2) is 51.8 Å². The summed E-state index contributed by atoms with van der Waals surface area (Å²) in [7, 11) is -1.21. The predicted octanol–water partition coefficient (Wildman–Crippen LogP) is 6.15. The van der Waals surface area contributed by atoms with Crippen molar-refractivity contribution in [2.75, 3.05) is 27.1 Å². The van der Waals surface area contributed by atoms with Crippen LogP contribution in [0.1, 0.15) is 30.6 Å². The number of carboxylic acids is 1. The highest BCUT2D eigenvalue weighted by atomic mass is 32.2. The lowest BCUT2D eigenvalue weighted by atomic mass is 9.92. The summed E-state index contributed by atoms with van der Waals surface area (Å²) < 4.78 is 51.5. The largest absolute Gasteiger partial charge is 0.496 e. The third-order valence-corrected chi connectivity index (χ3v) is 6.26. The van der Waals surface area contributed by atoms with E-state index in [1.165, 1.54) is 32.4 Å². The molecule has 3 aromatic carbocycles. The van der Waals surface area contributed by atoms with Gasteiger partial charge in [0.1, 0.15) is 22.8 Å². The Balaban J connectivity index is 2.18. The number of aromatic carboxylic acids is 1. The summed E-state index contributed by atoms with van der Waals surface area (Å²) in [4.78, 5) is 16.6. The Morgan fingerprint density at radius 3 is 2.17 bits per heavy atom. The van der Waals surface area contributed by atoms with Crippen molar-refractivity contribution in [3.05, 3.63) is 78.3 Å². The first-order valence-corrected chi connectivity index (χ1v) is 14.3. The Hall–Kier alpha value is -4.68. The Labute approximate surface area is 244 Å². The topological polar surface area (TPSA) is 147 Å². The van der Waals surface area contributed by atoms with E-state index >= 15 is 0 Å². The lowest BCUT2D eigenvalue weighted by molar-refractivity contribution is -0.230. The first-order chi connectivity index (χ1) is 19.9. The number of hydrogen-bond acceptors (Lipinski definition) is 10. The lowest BCUT2D eigenvalue weighted by Gasteiger charge is -2.20. The van der Waals surface area contributed by atoms with Crippen molar-refractivity contribution < 1.29 is 51.6 Å². The molecular formula is C30H32O11S. The molecule has 0 bridgehead atoms. The van der Waals surface area contributed by atoms with Crippen molar-refractivity contribution in [1.29, 1.82) is 0 Å². The van der Waals surface area contributed by atoms with Gasteiger partial charge in [0.15, 0.2) is 11.5 Å². The molecule has 3 rings (SSSR count). The van der Waals surface area contributed by atoms with E-state index < -0.39 is 16.1 Å². The van der Waals surface area contributed by atoms with Crippen LogP contribution in [0, 0.1) is 0 Å². The fraction of sp³-hybridized carbons (Fsp3) is 0.233. The first kappa shape index (κ1) is 31.8. The van der Waals surface area contributed by atoms with Crippen molar-refractivity contribution in [3.8, 4) is 51.0 Å². The molecule has 0 fully saturated rings. The lowest BCUT2D eigenvalue weighted by Crippen LogP contribution is -2.09. The van der Waals surface area contributed by atoms with Gasteiger partial charge in [-0.3, -0.25) is 0 Å². The molecular weight excluding hydrogens is 568 g/mol. The number of benzene rings is 3. The van der Waals surface area contributed by atoms with E-state index in [1.807, 2.05) is 19.9 Å². The van der Waals surface area contributed by atoms with Crippen molar-refractivity contribution in [1.82, 2.24) is 0 Å². The second kappa shape index (κ2) is 13.8. The molecule has 3 aromatic rings. The van der Waals surface area contributed by atoms with Crippen LogP contribution in [0.25, 0.3) is 22.3 Å². The molecule has 0 aliphatic heterocycles. The van der Waals surface area contributed by atoms with Crippen molar-refractivity contribution in [2.24, 2.45) is 0 Å². The molecule has 12 heteroatoms. The van der Waals surface area contributed by atoms with E-state index in [-0.39, 0.29) is 52.4 Å². The van der Waals surface area contributed by atoms with Gasteiger partial charge < -0.3 is 33.1 Å². The highest BCUT2D eigenvalue weighted by Gasteiger charge is 2.27. The Bertz CT molecular complexity index is 1590. The molecule has 0 aromatic heterocycles. The Morgan fingerprint density at radius 1 is 0.952 bits per heavy atom. The molecule has 0 aliphatic rings. The predicted molar refractivity (Wildman–Crippen MR) is 156 cm³/mol. The number of hydrogen-bond donors (Lipinski definition) is 2. The quantitative estimate of drug-likeness (QED) is 0.0548. The summed E-state index contributed by atoms with van der Waals surface area (Å²) in [5.41, 5.74) is 2.30. The minimum atomic E-state index is -3.93. The molecule has 224 valence electrons. The Kier molecular flexibility index (Phi) is 10.5. The number of carboxylic acid groups (broad SMARTS) is 1. The third kappa shape index (κ3) is 7.95. The summed E-state index contributed by atoms with van der Waals surface area (Å²) in [6, 6.07) is 12.4. The second-order valence-corrected chi connectivity index (χ2v) is 10.7. The van der Waals surface area contributed by atoms with Gasteiger partial charge in [-0.2, -0.15) is 13.7 Å². The van der Waals surface area contributed by atoms with Crippen LogP contribution in [0.5, 0.6) is 28.7 Å². The third-order valence-electron chi connectivity index (χ3n) is 5.78. The van der Waals surface area contributed by atoms with E-state index in [2.05, 4.69) is 11.5 Å². The molecule has 0 aliphatic carbocycles. The van der Waals surface area contributed by atoms with Crippen molar-refractivity contribution in [3.63, 3.8) is 0 Å². The summed E-state index contributed by atoms with van der Waals surface area (Å²) in [6.07, 6.45) is 3.50. The van der Waals surface area contributed by atoms with Gasteiger partial charge in [0.2, 0.25) is 0 Å². The minimum Gasteiger partial charge on any atom is -0.496 e. The van der Waals surface area contributed by atoms with Crippen LogP contribution in [-0.2, 0) is 15.0 Å². The molecule has 11 nitrogen and oxygen atoms in total. The zero-order chi connectivity index (χ0) is 31.0. The van der Waals surface area contributed by atoms with E-state index in [0.29, 0.717) is 23.1 Å². The maximum absolute atomic E-state index is 12.6. The SMILES string of the molecule is C=C(OO)Oc1ccc(-c2c(OC)cc(-c3ccc(OCCC=C(C)C)c(OS(C)(=O)=O)c3)c(OC)c2C(=O)O)cc1. The van der Waals surface area contributed by atoms with E-state index in [9.17, 15) is 18.3 Å². The van der Waals surface area contributed by atoms with E-state index in [0.717, 1.165) is 11.8 Å². The zero-order valence-electron chi connectivity index (χ0n) is 23.8. The van der Waals surface area contributed by atoms with Gasteiger partial charge >= 0.3 is 22.0 Å². The maximum atomic E-state index is 12.6. The van der Waals surface area contributed by atoms with Gasteiger partial charge in [-0.1, -0.05) is 29.8 Å². The standard InChI is InChI=1S/C30H32O11S/c1-18(2)8-7-15-38-24-14-11-21(16-25(24)41-42(6,34)35)23-17-26(36-4)27(28(30(31)32)29(23)37-5)20-9-12-22(13-10-20)39-19(3)40-33/h8-14,16-17,33H,3,7,15H2,1-2,4-6H3,(H,31,32). The molecule has 42 heavy (non-hydrogen) atoms. The molecule has 0 radical (unpaired) electrons. The van der Waals surface area contributed by atoms with Crippen molar-refractivity contribution >= 4 is 16.1 Å². The maximum Gasteiger partial charge on any atom is 0.340 e. The average Bonchev–Trinajstić information content (AvgIpc) is 2.94. The van der Waals surface area contributed by atoms with Crippen LogP contribution < -0.4 is 23.1 Å². The summed E-state index contributed by atoms with van der Waals surface area (Å²) in [6.45, 7) is 7.57. The van der Waals surface area contributed by atoms with Crippen molar-refractivity contribution in [2.45, 2.75) is 20.3 Å². The van der Waals surface area contributed by atoms with E-state index in [4.69, 9.17) is 28.4 Å². The van der Waals surface area contributed by atoms with Gasteiger partial charge in [0.25, 0.3) is 0 Å². The normalized spacial score (nSPS) is 10.8. The molecule has 0 amide bonds. The molecule has 2 N–H and O–H groups in total. The Morgan fingerprint density at radius 2 is 1.62 bits per heavy atom. The van der Waals surface area contributed by atoms with Gasteiger partial charge in [-0.15, -0.1) is 0 Å². The molecule has 0 saturated carbocycles. The average molecular weight is 601 g/mol. The zero-order valence-corrected chi connectivity index (χ0v) is 24.6. The fourth-order valence-electron chi connectivity index (χ4n) is 4.10. The van der Waals surface area contributed by atoms with Crippen LogP contribution in [0.2, 0.25) is 0 Å². The highest BCUT2D eigenvalue weighted by Crippen LogP contribution is 2.46. The van der Waals surface area contributed by atoms with Gasteiger partial charge in [-0.05, 0) is 68.3 Å². The second-order valence-electron chi connectivity index (χ2n) is 9.17. The first-order valence-electron chi connectivity index (χ1n) is 12.5. The smallest absolute Gasteiger partial charge is 0.340 e. The van der Waals surface area contributed by atoms with Gasteiger partial charge in [-0.25, -0.2) is 4.79 Å². The number of allylic oxidation sites excluding steroid dienone is 1. The molecule has 0 unspecified atom stereocenters. The number of ether oxygens (including phenoxy) is 4. The highest BCUT2D eigenvalue weighted by molar-refractivity contribution is 7.86. The van der Waals surface area contributed by atoms with Crippen LogP contribution in [0.3, 0.4) is 0 Å². The molecule has 0 spiro atoms. The molecule has 0 heterocycles. The minimum absolute atomic E-state index is 0.00298. The van der Waals surface area contributed by atoms with Crippen LogP contribution in [0.15, 0.2) is 72.7 Å². The van der Waals surface area contributed by atoms with Crippen LogP contribution in [0.4, 0.5) is 0 Å². The van der Waals surface area contributed by atoms with E-state index in [1.54, 1.807) is 30.3 Å². The summed E-state index contributed by atoms with van der Waals surface area (Å²) in [5.74, 6) is -1.03. The molecule has 0 atom stereocenters. The van der Waals surface area contributed by atoms with Crippen LogP contribution >= 0.6 is 0 Å². The summed E-state index contributed by atoms with van der Waals surface area (Å²) >= 11 is 0. The number of methoxy groups -OCH3 is 2.